The van der Waals surface area contributed by atoms with Crippen LogP contribution in [0.3, 0.4) is 0 Å². The maximum absolute atomic E-state index is 12.4. The molecule has 9 heteroatoms. The van der Waals surface area contributed by atoms with Crippen LogP contribution in [0.25, 0.3) is 10.2 Å². The van der Waals surface area contributed by atoms with Gasteiger partial charge in [0.15, 0.2) is 10.5 Å². The number of hydrogen-bond acceptors (Lipinski definition) is 7. The highest BCUT2D eigenvalue weighted by molar-refractivity contribution is 7.16. The predicted octanol–water partition coefficient (Wildman–Crippen LogP) is 2.70. The van der Waals surface area contributed by atoms with E-state index in [1.54, 1.807) is 18.4 Å². The molecule has 3 aromatic rings. The third kappa shape index (κ3) is 4.25. The average Bonchev–Trinajstić information content (AvgIpc) is 3.19. The van der Waals surface area contributed by atoms with Crippen LogP contribution >= 0.6 is 11.3 Å². The molecule has 0 saturated heterocycles. The van der Waals surface area contributed by atoms with Crippen molar-refractivity contribution in [2.24, 2.45) is 4.99 Å². The Hall–Kier alpha value is -2.94. The molecule has 3 rings (SSSR count). The van der Waals surface area contributed by atoms with E-state index in [9.17, 15) is 9.59 Å². The van der Waals surface area contributed by atoms with Gasteiger partial charge in [0.1, 0.15) is 18.1 Å². The topological polar surface area (TPSA) is 95.9 Å². The van der Waals surface area contributed by atoms with Crippen molar-refractivity contribution in [2.75, 3.05) is 13.2 Å². The third-order valence-electron chi connectivity index (χ3n) is 3.60. The Morgan fingerprint density at radius 2 is 2.07 bits per heavy atom. The number of esters is 1. The second-order valence-corrected chi connectivity index (χ2v) is 6.59. The summed E-state index contributed by atoms with van der Waals surface area (Å²) in [6, 6.07) is 7.02. The van der Waals surface area contributed by atoms with Gasteiger partial charge in [-0.25, -0.2) is 0 Å². The number of thiazole rings is 1. The Balaban J connectivity index is 2.09. The van der Waals surface area contributed by atoms with Gasteiger partial charge in [0.25, 0.3) is 0 Å². The minimum Gasteiger partial charge on any atom is -0.494 e. The van der Waals surface area contributed by atoms with E-state index >= 15 is 0 Å². The van der Waals surface area contributed by atoms with Crippen LogP contribution in [0.1, 0.15) is 30.1 Å². The molecule has 0 aliphatic heterocycles. The Labute approximate surface area is 159 Å². The van der Waals surface area contributed by atoms with Crippen molar-refractivity contribution in [1.82, 2.24) is 9.72 Å². The van der Waals surface area contributed by atoms with Crippen molar-refractivity contribution in [3.63, 3.8) is 0 Å². The number of benzene rings is 1. The number of ether oxygens (including phenoxy) is 2. The van der Waals surface area contributed by atoms with Crippen LogP contribution in [0, 0.1) is 6.92 Å². The Bertz CT molecular complexity index is 1050. The number of aromatic nitrogens is 2. The SMILES string of the molecule is CCOC(=O)Cn1c(=NC(=O)c2cc(C)on2)sc2cc(OCC)ccc21. The van der Waals surface area contributed by atoms with Gasteiger partial charge in [-0.2, -0.15) is 4.99 Å². The molecule has 142 valence electrons. The number of aryl methyl sites for hydroxylation is 1. The molecule has 0 N–H and O–H groups in total. The van der Waals surface area contributed by atoms with Crippen molar-refractivity contribution >= 4 is 33.4 Å². The van der Waals surface area contributed by atoms with E-state index in [1.807, 2.05) is 25.1 Å². The summed E-state index contributed by atoms with van der Waals surface area (Å²) in [5.41, 5.74) is 0.877. The molecule has 8 nitrogen and oxygen atoms in total. The van der Waals surface area contributed by atoms with E-state index in [-0.39, 0.29) is 18.8 Å². The zero-order chi connectivity index (χ0) is 19.4. The number of fused-ring (bicyclic) bond motifs is 1. The summed E-state index contributed by atoms with van der Waals surface area (Å²) in [6.07, 6.45) is 0. The molecule has 27 heavy (non-hydrogen) atoms. The second kappa shape index (κ2) is 8.17. The van der Waals surface area contributed by atoms with Gasteiger partial charge in [0.2, 0.25) is 0 Å². The Morgan fingerprint density at radius 3 is 2.74 bits per heavy atom. The molecule has 1 amide bonds. The minimum absolute atomic E-state index is 0.0498. The first kappa shape index (κ1) is 18.8. The summed E-state index contributed by atoms with van der Waals surface area (Å²) in [7, 11) is 0. The van der Waals surface area contributed by atoms with Gasteiger partial charge in [-0.3, -0.25) is 9.59 Å². The van der Waals surface area contributed by atoms with Crippen molar-refractivity contribution in [1.29, 1.82) is 0 Å². The Morgan fingerprint density at radius 1 is 1.26 bits per heavy atom. The monoisotopic (exact) mass is 389 g/mol. The van der Waals surface area contributed by atoms with Crippen molar-refractivity contribution in [2.45, 2.75) is 27.3 Å². The highest BCUT2D eigenvalue weighted by atomic mass is 32.1. The molecule has 2 aromatic heterocycles. The van der Waals surface area contributed by atoms with Crippen LogP contribution in [0.15, 0.2) is 33.8 Å². The fraction of sp³-hybridized carbons (Fsp3) is 0.333. The largest absolute Gasteiger partial charge is 0.494 e. The standard InChI is InChI=1S/C18H19N3O5S/c1-4-24-12-6-7-14-15(9-12)27-18(21(14)10-16(22)25-5-2)19-17(23)13-8-11(3)26-20-13/h6-9H,4-5,10H2,1-3H3. The molecule has 1 aromatic carbocycles. The second-order valence-electron chi connectivity index (χ2n) is 5.58. The van der Waals surface area contributed by atoms with Crippen LogP contribution in [0.2, 0.25) is 0 Å². The van der Waals surface area contributed by atoms with Crippen LogP contribution in [0.4, 0.5) is 0 Å². The lowest BCUT2D eigenvalue weighted by Crippen LogP contribution is -2.23. The summed E-state index contributed by atoms with van der Waals surface area (Å²) < 4.78 is 18.0. The smallest absolute Gasteiger partial charge is 0.326 e. The third-order valence-corrected chi connectivity index (χ3v) is 4.64. The molecular formula is C18H19N3O5S. The van der Waals surface area contributed by atoms with Gasteiger partial charge in [-0.1, -0.05) is 16.5 Å². The molecule has 0 fully saturated rings. The molecule has 0 aliphatic rings. The van der Waals surface area contributed by atoms with E-state index < -0.39 is 11.9 Å². The van der Waals surface area contributed by atoms with Crippen LogP contribution in [-0.4, -0.2) is 34.8 Å². The number of carbonyl (C=O) groups excluding carboxylic acids is 2. The van der Waals surface area contributed by atoms with E-state index in [0.29, 0.717) is 22.9 Å². The first-order chi connectivity index (χ1) is 13.0. The summed E-state index contributed by atoms with van der Waals surface area (Å²) in [5, 5.41) is 3.69. The zero-order valence-electron chi connectivity index (χ0n) is 15.2. The van der Waals surface area contributed by atoms with Gasteiger partial charge < -0.3 is 18.6 Å². The molecule has 2 heterocycles. The van der Waals surface area contributed by atoms with Crippen molar-refractivity contribution < 1.29 is 23.6 Å². The molecule has 0 saturated carbocycles. The highest BCUT2D eigenvalue weighted by Crippen LogP contribution is 2.23. The lowest BCUT2D eigenvalue weighted by atomic mass is 10.3. The van der Waals surface area contributed by atoms with Crippen LogP contribution < -0.4 is 9.54 Å². The minimum atomic E-state index is -0.541. The summed E-state index contributed by atoms with van der Waals surface area (Å²) >= 11 is 1.28. The van der Waals surface area contributed by atoms with Gasteiger partial charge in [-0.05, 0) is 39.0 Å². The number of nitrogens with zero attached hydrogens (tertiary/aromatic N) is 3. The predicted molar refractivity (Wildman–Crippen MR) is 98.8 cm³/mol. The van der Waals surface area contributed by atoms with Crippen molar-refractivity contribution in [3.8, 4) is 5.75 Å². The van der Waals surface area contributed by atoms with E-state index in [1.165, 1.54) is 17.4 Å². The molecule has 0 radical (unpaired) electrons. The normalized spacial score (nSPS) is 11.7. The van der Waals surface area contributed by atoms with Crippen LogP contribution in [-0.2, 0) is 16.1 Å². The van der Waals surface area contributed by atoms with Gasteiger partial charge in [0, 0.05) is 6.07 Å². The molecule has 0 atom stereocenters. The zero-order valence-corrected chi connectivity index (χ0v) is 16.0. The maximum atomic E-state index is 12.4. The summed E-state index contributed by atoms with van der Waals surface area (Å²) in [4.78, 5) is 28.9. The quantitative estimate of drug-likeness (QED) is 0.602. The number of rotatable bonds is 6. The van der Waals surface area contributed by atoms with Gasteiger partial charge in [-0.15, -0.1) is 0 Å². The maximum Gasteiger partial charge on any atom is 0.326 e. The molecule has 0 bridgehead atoms. The van der Waals surface area contributed by atoms with Crippen molar-refractivity contribution in [3.05, 3.63) is 40.5 Å². The van der Waals surface area contributed by atoms with E-state index in [0.717, 1.165) is 10.2 Å². The van der Waals surface area contributed by atoms with E-state index in [2.05, 4.69) is 10.1 Å². The molecule has 0 unspecified atom stereocenters. The number of carbonyl (C=O) groups is 2. The fourth-order valence-corrected chi connectivity index (χ4v) is 3.55. The highest BCUT2D eigenvalue weighted by Gasteiger charge is 2.15. The lowest BCUT2D eigenvalue weighted by Gasteiger charge is -2.06. The molecule has 0 aliphatic carbocycles. The van der Waals surface area contributed by atoms with Gasteiger partial charge >= 0.3 is 11.9 Å². The molecule has 0 spiro atoms. The number of hydrogen-bond donors (Lipinski definition) is 0. The fourth-order valence-electron chi connectivity index (χ4n) is 2.50. The Kier molecular flexibility index (Phi) is 5.70. The number of amides is 1. The lowest BCUT2D eigenvalue weighted by molar-refractivity contribution is -0.143. The van der Waals surface area contributed by atoms with Gasteiger partial charge in [0.05, 0.1) is 23.4 Å². The first-order valence-electron chi connectivity index (χ1n) is 8.46. The summed E-state index contributed by atoms with van der Waals surface area (Å²) in [6.45, 7) is 6.11. The first-order valence-corrected chi connectivity index (χ1v) is 9.27. The average molecular weight is 389 g/mol. The van der Waals surface area contributed by atoms with Crippen LogP contribution in [0.5, 0.6) is 5.75 Å². The summed E-state index contributed by atoms with van der Waals surface area (Å²) in [5.74, 6) is 0.281. The molecular weight excluding hydrogens is 370 g/mol. The van der Waals surface area contributed by atoms with E-state index in [4.69, 9.17) is 14.0 Å².